The summed E-state index contributed by atoms with van der Waals surface area (Å²) >= 11 is 14.8. The molecular formula is C49H45N15O6Ru2S4Y3-3. The summed E-state index contributed by atoms with van der Waals surface area (Å²) < 4.78 is 0. The number of allylic oxidation sites excluding steroid dienone is 6. The number of pyridine rings is 5. The van der Waals surface area contributed by atoms with E-state index in [9.17, 15) is 14.4 Å². The quantitative estimate of drug-likeness (QED) is 0.0340. The van der Waals surface area contributed by atoms with Gasteiger partial charge in [-0.1, -0.05) is 56.0 Å². The number of aromatic nitrogens is 5. The molecule has 3 aliphatic rings. The number of carboxylic acids is 3. The smallest absolute Gasteiger partial charge is 0.832 e. The Kier molecular flexibility index (Phi) is 49.1. The van der Waals surface area contributed by atoms with Crippen LogP contribution in [0.2, 0.25) is 0 Å². The maximum Gasteiger partial charge on any atom is 4.00 e. The number of carbonyl (C=O) groups is 3. The summed E-state index contributed by atoms with van der Waals surface area (Å²) in [6, 6.07) is 16.5. The molecule has 0 aliphatic carbocycles. The largest absolute Gasteiger partial charge is 4.00 e. The summed E-state index contributed by atoms with van der Waals surface area (Å²) in [6.45, 7) is 21.3. The van der Waals surface area contributed by atoms with Gasteiger partial charge in [0.15, 0.2) is 0 Å². The van der Waals surface area contributed by atoms with Gasteiger partial charge in [-0.15, -0.1) is 0 Å². The van der Waals surface area contributed by atoms with E-state index in [-0.39, 0.29) is 154 Å². The van der Waals surface area contributed by atoms with Crippen LogP contribution in [0, 0.1) is 55.2 Å². The minimum Gasteiger partial charge on any atom is -0.832 e. The summed E-state index contributed by atoms with van der Waals surface area (Å²) in [7, 11) is 0. The number of aromatic carboxylic acids is 3. The SMILES string of the molecule is CC1=C(C)N(c2cc(C(=O)O)ccn2)[CH-][N-]1.CC1=C(C)N(c2cc(C)ccn2)[CH-][N-]1.CC1=C(C)N(c2cc(C)ccn2)[CH-][N-]1.N#C[S-].N#C[S-].O=C(O)c1ccnc(-c2cc(C(=O)O)ccn2)c1.[N-]=C=S.[N-]=C=S.[Ru+3].[Ru+4].[Y].[Y].[Y]. The van der Waals surface area contributed by atoms with Crippen molar-refractivity contribution in [3.05, 3.63) is 200 Å². The zero-order valence-electron chi connectivity index (χ0n) is 43.2. The van der Waals surface area contributed by atoms with Crippen LogP contribution in [0.1, 0.15) is 83.7 Å². The molecule has 30 heteroatoms. The van der Waals surface area contributed by atoms with Crippen molar-refractivity contribution < 1.29 is 167 Å². The topological polar surface area (TPSA) is 321 Å². The van der Waals surface area contributed by atoms with E-state index < -0.39 is 17.9 Å². The number of anilines is 3. The minimum atomic E-state index is -1.08. The molecule has 5 aromatic heterocycles. The van der Waals surface area contributed by atoms with Crippen LogP contribution in [0.25, 0.3) is 38.2 Å². The minimum absolute atomic E-state index is 0. The van der Waals surface area contributed by atoms with Crippen LogP contribution in [-0.2, 0) is 162 Å². The van der Waals surface area contributed by atoms with E-state index in [4.69, 9.17) is 36.7 Å². The molecule has 3 aliphatic heterocycles. The Morgan fingerprint density at radius 2 is 0.747 bits per heavy atom. The van der Waals surface area contributed by atoms with Gasteiger partial charge in [0.1, 0.15) is 17.5 Å². The predicted molar refractivity (Wildman–Crippen MR) is 294 cm³/mol. The van der Waals surface area contributed by atoms with Crippen molar-refractivity contribution >= 4 is 95.4 Å². The molecule has 0 aromatic carbocycles. The van der Waals surface area contributed by atoms with Gasteiger partial charge in [-0.2, -0.15) is 27.4 Å². The summed E-state index contributed by atoms with van der Waals surface area (Å²) in [5.41, 5.74) is 9.66. The Morgan fingerprint density at radius 3 is 0.975 bits per heavy atom. The molecule has 3 N–H and O–H groups in total. The molecule has 404 valence electrons. The van der Waals surface area contributed by atoms with Crippen molar-refractivity contribution in [1.82, 2.24) is 24.9 Å². The van der Waals surface area contributed by atoms with Crippen LogP contribution in [0.4, 0.5) is 17.5 Å². The first kappa shape index (κ1) is 83.6. The number of carboxylic acid groups (broad SMARTS) is 3. The van der Waals surface area contributed by atoms with Crippen molar-refractivity contribution in [1.29, 1.82) is 10.5 Å². The fourth-order valence-corrected chi connectivity index (χ4v) is 5.58. The standard InChI is InChI=1S/C12H8N2O4.C11H11N3O2.2C11H13N3.2CHNS.2CNS.2Ru.3Y/c15-11(16)7-1-3-13-9(5-7)10-6-8(12(17)18)2-4-14-10;1-7-8(2)14(6-13-7)10-5-9(11(15)16)3-4-12-10;2*1-8-4-5-12-11(6-8)14-7-13-9(2)10(14)3;4*2-1-3;;;;;/h1-6H,(H,15,16)(H,17,18);3-6H,1-2H3,(H,15,16);2*4-7H,1-3H3;2*3H;;;;;;;/q;3*-2;;;2*-1;+3;+4;;;/p-2. The second-order valence-corrected chi connectivity index (χ2v) is 15.0. The molecule has 8 rings (SSSR count). The Bertz CT molecular complexity index is 2860. The van der Waals surface area contributed by atoms with E-state index in [0.717, 1.165) is 45.8 Å². The number of rotatable bonds is 7. The maximum absolute atomic E-state index is 10.8. The molecule has 0 bridgehead atoms. The van der Waals surface area contributed by atoms with Crippen LogP contribution in [0.5, 0.6) is 0 Å². The summed E-state index contributed by atoms with van der Waals surface area (Å²) in [4.78, 5) is 58.9. The molecule has 0 unspecified atom stereocenters. The van der Waals surface area contributed by atoms with Gasteiger partial charge in [-0.05, 0) is 124 Å². The van der Waals surface area contributed by atoms with Crippen LogP contribution in [0.15, 0.2) is 126 Å². The average molecular weight is 1540 g/mol. The van der Waals surface area contributed by atoms with Crippen molar-refractivity contribution in [3.63, 3.8) is 0 Å². The van der Waals surface area contributed by atoms with E-state index in [1.54, 1.807) is 11.6 Å². The van der Waals surface area contributed by atoms with E-state index in [0.29, 0.717) is 17.2 Å². The van der Waals surface area contributed by atoms with E-state index in [1.165, 1.54) is 87.2 Å². The van der Waals surface area contributed by atoms with Crippen LogP contribution in [0.3, 0.4) is 0 Å². The van der Waals surface area contributed by atoms with Crippen LogP contribution in [-0.4, -0.2) is 68.5 Å². The molecular weight excluding hydrogens is 1490 g/mol. The van der Waals surface area contributed by atoms with Gasteiger partial charge >= 0.3 is 56.9 Å². The van der Waals surface area contributed by atoms with Crippen molar-refractivity contribution in [2.24, 2.45) is 0 Å². The number of thiocarbonyl (C=S) groups is 2. The summed E-state index contributed by atoms with van der Waals surface area (Å²) in [5.74, 6) is -0.677. The zero-order valence-corrected chi connectivity index (χ0v) is 58.5. The van der Waals surface area contributed by atoms with E-state index >= 15 is 0 Å². The monoisotopic (exact) mass is 1540 g/mol. The van der Waals surface area contributed by atoms with Crippen molar-refractivity contribution in [2.75, 3.05) is 14.7 Å². The number of isothiocyanates is 2. The number of hydrogen-bond acceptors (Lipinski definition) is 17. The predicted octanol–water partition coefficient (Wildman–Crippen LogP) is 11.1. The fraction of sp³-hybridized carbons (Fsp3) is 0.163. The van der Waals surface area contributed by atoms with Crippen molar-refractivity contribution in [2.45, 2.75) is 55.4 Å². The van der Waals surface area contributed by atoms with Gasteiger partial charge in [0, 0.05) is 129 Å². The summed E-state index contributed by atoms with van der Waals surface area (Å²) in [5, 5.41) is 73.1. The number of thiocyanates is 2. The average Bonchev–Trinajstić information content (AvgIpc) is 4.02. The van der Waals surface area contributed by atoms with Crippen LogP contribution >= 0.6 is 24.4 Å². The number of nitriles is 2. The van der Waals surface area contributed by atoms with Gasteiger partial charge in [0.25, 0.3) is 0 Å². The van der Waals surface area contributed by atoms with Crippen molar-refractivity contribution in [3.8, 4) is 22.2 Å². The molecule has 0 saturated heterocycles. The number of hydrogen-bond donors (Lipinski definition) is 3. The zero-order chi connectivity index (χ0) is 55.9. The first-order chi connectivity index (χ1) is 35.2. The normalized spacial score (nSPS) is 11.4. The third-order valence-corrected chi connectivity index (χ3v) is 9.57. The number of nitrogens with zero attached hydrogens (tertiary/aromatic N) is 15. The Balaban J connectivity index is -0.000000283. The Morgan fingerprint density at radius 1 is 0.519 bits per heavy atom. The maximum atomic E-state index is 10.8. The van der Waals surface area contributed by atoms with E-state index in [2.05, 4.69) is 104 Å². The van der Waals surface area contributed by atoms with Gasteiger partial charge < -0.3 is 102 Å². The Hall–Kier alpha value is -4.24. The molecule has 5 aromatic rings. The molecule has 0 amide bonds. The van der Waals surface area contributed by atoms with Gasteiger partial charge in [-0.25, -0.2) is 39.9 Å². The van der Waals surface area contributed by atoms with E-state index in [1.807, 2.05) is 101 Å². The molecule has 8 heterocycles. The fourth-order valence-electron chi connectivity index (χ4n) is 5.58. The third kappa shape index (κ3) is 29.9. The molecule has 21 nitrogen and oxygen atoms in total. The van der Waals surface area contributed by atoms with Crippen LogP contribution < -0.4 is 14.7 Å². The summed E-state index contributed by atoms with van der Waals surface area (Å²) in [6.07, 6.45) is 7.80. The van der Waals surface area contributed by atoms with Gasteiger partial charge in [-0.3, -0.25) is 9.97 Å². The first-order valence-electron chi connectivity index (χ1n) is 20.7. The molecule has 0 fully saturated rings. The Labute approximate surface area is 582 Å². The molecule has 0 spiro atoms. The van der Waals surface area contributed by atoms with Gasteiger partial charge in [0.2, 0.25) is 0 Å². The molecule has 79 heavy (non-hydrogen) atoms. The molecule has 0 saturated carbocycles. The first-order valence-corrected chi connectivity index (χ1v) is 22.3. The third-order valence-electron chi connectivity index (χ3n) is 9.57. The second kappa shape index (κ2) is 46.4. The molecule has 0 atom stereocenters. The second-order valence-electron chi connectivity index (χ2n) is 14.3. The van der Waals surface area contributed by atoms with Gasteiger partial charge in [0.05, 0.1) is 28.1 Å². The number of aryl methyl sites for hydroxylation is 2. The molecule has 4 radical (unpaired) electrons.